The van der Waals surface area contributed by atoms with E-state index in [0.29, 0.717) is 28.4 Å². The topological polar surface area (TPSA) is 123 Å². The summed E-state index contributed by atoms with van der Waals surface area (Å²) >= 11 is 0. The monoisotopic (exact) mass is 575 g/mol. The van der Waals surface area contributed by atoms with Crippen LogP contribution in [0.15, 0.2) is 54.7 Å². The van der Waals surface area contributed by atoms with Crippen LogP contribution in [-0.2, 0) is 24.4 Å². The van der Waals surface area contributed by atoms with Gasteiger partial charge in [0.15, 0.2) is 0 Å². The summed E-state index contributed by atoms with van der Waals surface area (Å²) in [5.41, 5.74) is 9.19. The van der Waals surface area contributed by atoms with Crippen LogP contribution in [0.3, 0.4) is 0 Å². The van der Waals surface area contributed by atoms with Crippen LogP contribution < -0.4 is 11.1 Å². The van der Waals surface area contributed by atoms with Gasteiger partial charge in [-0.05, 0) is 73.1 Å². The van der Waals surface area contributed by atoms with Gasteiger partial charge in [-0.1, -0.05) is 12.1 Å². The van der Waals surface area contributed by atoms with Crippen molar-refractivity contribution >= 4 is 11.8 Å². The SMILES string of the molecule is NC(=O)c1cc(-c2cccnc2C(Cc2cc(F)cc(F)c2)NC(=O)Cn2nc(CO)c3c2C2CCC3C2)ccc1F. The fraction of sp³-hybridized carbons (Fsp3) is 0.290. The number of aliphatic hydroxyl groups excluding tert-OH is 1. The van der Waals surface area contributed by atoms with Crippen molar-refractivity contribution in [1.29, 1.82) is 0 Å². The number of carbonyl (C=O) groups is 2. The Kier molecular flexibility index (Phi) is 7.28. The molecule has 3 atom stereocenters. The molecule has 3 unspecified atom stereocenters. The predicted molar refractivity (Wildman–Crippen MR) is 147 cm³/mol. The zero-order chi connectivity index (χ0) is 29.5. The van der Waals surface area contributed by atoms with Gasteiger partial charge in [0, 0.05) is 35.0 Å². The predicted octanol–water partition coefficient (Wildman–Crippen LogP) is 4.42. The summed E-state index contributed by atoms with van der Waals surface area (Å²) in [6.07, 6.45) is 4.52. The lowest BCUT2D eigenvalue weighted by atomic mass is 9.94. The molecule has 6 rings (SSSR count). The fourth-order valence-electron chi connectivity index (χ4n) is 6.52. The highest BCUT2D eigenvalue weighted by Crippen LogP contribution is 2.54. The Hall–Kier alpha value is -4.51. The molecule has 2 aromatic heterocycles. The van der Waals surface area contributed by atoms with Crippen LogP contribution in [0.4, 0.5) is 13.2 Å². The number of aliphatic hydroxyl groups is 1. The maximum atomic E-state index is 14.2. The normalized spacial score (nSPS) is 17.7. The van der Waals surface area contributed by atoms with E-state index in [1.54, 1.807) is 16.8 Å². The van der Waals surface area contributed by atoms with Gasteiger partial charge in [0.05, 0.1) is 29.6 Å². The first-order valence-electron chi connectivity index (χ1n) is 13.7. The Labute approximate surface area is 239 Å². The number of carbonyl (C=O) groups excluding carboxylic acids is 2. The molecule has 4 N–H and O–H groups in total. The summed E-state index contributed by atoms with van der Waals surface area (Å²) in [7, 11) is 0. The van der Waals surface area contributed by atoms with Gasteiger partial charge in [-0.15, -0.1) is 0 Å². The molecule has 0 radical (unpaired) electrons. The van der Waals surface area contributed by atoms with Gasteiger partial charge in [0.2, 0.25) is 5.91 Å². The van der Waals surface area contributed by atoms with Gasteiger partial charge in [-0.3, -0.25) is 19.3 Å². The van der Waals surface area contributed by atoms with Crippen LogP contribution in [0.25, 0.3) is 11.1 Å². The van der Waals surface area contributed by atoms with E-state index in [9.17, 15) is 27.9 Å². The van der Waals surface area contributed by atoms with Crippen molar-refractivity contribution in [2.24, 2.45) is 5.73 Å². The third kappa shape index (κ3) is 5.16. The molecule has 1 saturated carbocycles. The molecule has 42 heavy (non-hydrogen) atoms. The summed E-state index contributed by atoms with van der Waals surface area (Å²) in [6, 6.07) is 9.47. The number of benzene rings is 2. The summed E-state index contributed by atoms with van der Waals surface area (Å²) in [5, 5.41) is 17.4. The molecule has 216 valence electrons. The summed E-state index contributed by atoms with van der Waals surface area (Å²) in [6.45, 7) is -0.333. The van der Waals surface area contributed by atoms with E-state index in [-0.39, 0.29) is 36.6 Å². The van der Waals surface area contributed by atoms with Crippen LogP contribution in [0.5, 0.6) is 0 Å². The molecule has 2 aliphatic carbocycles. The lowest BCUT2D eigenvalue weighted by Gasteiger charge is -2.22. The van der Waals surface area contributed by atoms with E-state index in [4.69, 9.17) is 5.73 Å². The van der Waals surface area contributed by atoms with E-state index in [2.05, 4.69) is 15.4 Å². The van der Waals surface area contributed by atoms with Crippen molar-refractivity contribution in [2.45, 2.75) is 56.7 Å². The second kappa shape index (κ2) is 11.1. The third-order valence-electron chi connectivity index (χ3n) is 8.19. The molecular weight excluding hydrogens is 547 g/mol. The Morgan fingerprint density at radius 3 is 2.57 bits per heavy atom. The number of amides is 2. The Morgan fingerprint density at radius 1 is 1.07 bits per heavy atom. The number of nitrogens with zero attached hydrogens (tertiary/aromatic N) is 3. The number of rotatable bonds is 9. The van der Waals surface area contributed by atoms with Crippen LogP contribution in [0.2, 0.25) is 0 Å². The van der Waals surface area contributed by atoms with E-state index < -0.39 is 35.3 Å². The van der Waals surface area contributed by atoms with Crippen molar-refractivity contribution in [3.8, 4) is 11.1 Å². The number of halogens is 3. The number of aromatic nitrogens is 3. The highest BCUT2D eigenvalue weighted by Gasteiger charge is 2.42. The molecule has 8 nitrogen and oxygen atoms in total. The average molecular weight is 576 g/mol. The van der Waals surface area contributed by atoms with E-state index in [1.807, 2.05) is 0 Å². The molecule has 2 aliphatic rings. The minimum absolute atomic E-state index is 0.0158. The van der Waals surface area contributed by atoms with Gasteiger partial charge in [0.1, 0.15) is 24.0 Å². The first kappa shape index (κ1) is 27.6. The Morgan fingerprint density at radius 2 is 1.83 bits per heavy atom. The van der Waals surface area contributed by atoms with Gasteiger partial charge < -0.3 is 16.2 Å². The summed E-state index contributed by atoms with van der Waals surface area (Å²) < 4.78 is 44.1. The lowest BCUT2D eigenvalue weighted by Crippen LogP contribution is -2.34. The molecule has 2 bridgehead atoms. The highest BCUT2D eigenvalue weighted by molar-refractivity contribution is 5.94. The molecule has 0 spiro atoms. The number of fused-ring (bicyclic) bond motifs is 5. The first-order valence-corrected chi connectivity index (χ1v) is 13.7. The maximum Gasteiger partial charge on any atom is 0.251 e. The van der Waals surface area contributed by atoms with E-state index in [1.165, 1.54) is 30.5 Å². The fourth-order valence-corrected chi connectivity index (χ4v) is 6.52. The average Bonchev–Trinajstić information content (AvgIpc) is 3.66. The largest absolute Gasteiger partial charge is 0.390 e. The number of pyridine rings is 1. The van der Waals surface area contributed by atoms with E-state index in [0.717, 1.165) is 42.7 Å². The van der Waals surface area contributed by atoms with Gasteiger partial charge >= 0.3 is 0 Å². The smallest absolute Gasteiger partial charge is 0.251 e. The van der Waals surface area contributed by atoms with Crippen molar-refractivity contribution in [1.82, 2.24) is 20.1 Å². The molecule has 2 amide bonds. The Balaban J connectivity index is 1.36. The van der Waals surface area contributed by atoms with Crippen LogP contribution >= 0.6 is 0 Å². The molecule has 0 aliphatic heterocycles. The quantitative estimate of drug-likeness (QED) is 0.273. The number of primary amides is 1. The molecule has 2 aromatic carbocycles. The molecule has 0 saturated heterocycles. The van der Waals surface area contributed by atoms with Crippen molar-refractivity contribution in [3.05, 3.63) is 106 Å². The minimum Gasteiger partial charge on any atom is -0.390 e. The van der Waals surface area contributed by atoms with Gasteiger partial charge in [-0.25, -0.2) is 13.2 Å². The number of nitrogens with one attached hydrogen (secondary N) is 1. The molecule has 4 aromatic rings. The van der Waals surface area contributed by atoms with Crippen LogP contribution in [-0.4, -0.2) is 31.7 Å². The molecular formula is C31H28F3N5O3. The number of nitrogens with two attached hydrogens (primary N) is 1. The summed E-state index contributed by atoms with van der Waals surface area (Å²) in [4.78, 5) is 29.8. The Bertz CT molecular complexity index is 1690. The van der Waals surface area contributed by atoms with Gasteiger partial charge in [0.25, 0.3) is 5.91 Å². The second-order valence-electron chi connectivity index (χ2n) is 10.9. The van der Waals surface area contributed by atoms with Crippen molar-refractivity contribution < 1.29 is 27.9 Å². The molecule has 2 heterocycles. The zero-order valence-corrected chi connectivity index (χ0v) is 22.5. The standard InChI is InChI=1S/C31H28F3N5O3/c32-20-8-16(9-21(33)13-20)10-25(29-22(2-1-7-36-29)17-5-6-24(34)23(12-17)31(35)42)37-27(41)14-39-30-19-4-3-18(11-19)28(30)26(15-40)38-39/h1-2,5-9,12-13,18-19,25,40H,3-4,10-11,14-15H2,(H2,35,42)(H,37,41). The highest BCUT2D eigenvalue weighted by atomic mass is 19.1. The first-order chi connectivity index (χ1) is 20.2. The zero-order valence-electron chi connectivity index (χ0n) is 22.5. The lowest BCUT2D eigenvalue weighted by molar-refractivity contribution is -0.122. The second-order valence-corrected chi connectivity index (χ2v) is 10.9. The van der Waals surface area contributed by atoms with Crippen molar-refractivity contribution in [3.63, 3.8) is 0 Å². The third-order valence-corrected chi connectivity index (χ3v) is 8.19. The maximum absolute atomic E-state index is 14.2. The van der Waals surface area contributed by atoms with Crippen LogP contribution in [0.1, 0.15) is 75.7 Å². The van der Waals surface area contributed by atoms with Crippen LogP contribution in [0, 0.1) is 17.5 Å². The molecule has 11 heteroatoms. The number of hydrogen-bond acceptors (Lipinski definition) is 5. The van der Waals surface area contributed by atoms with Gasteiger partial charge in [-0.2, -0.15) is 5.10 Å². The number of hydrogen-bond donors (Lipinski definition) is 3. The minimum atomic E-state index is -0.942. The van der Waals surface area contributed by atoms with Crippen molar-refractivity contribution in [2.75, 3.05) is 0 Å². The summed E-state index contributed by atoms with van der Waals surface area (Å²) in [5.74, 6) is -3.03. The van der Waals surface area contributed by atoms with E-state index >= 15 is 0 Å². The molecule has 1 fully saturated rings.